The van der Waals surface area contributed by atoms with Gasteiger partial charge in [-0.25, -0.2) is 14.8 Å². The van der Waals surface area contributed by atoms with E-state index in [-0.39, 0.29) is 0 Å². The highest BCUT2D eigenvalue weighted by Crippen LogP contribution is 2.17. The first-order chi connectivity index (χ1) is 11.8. The Labute approximate surface area is 141 Å². The molecule has 4 nitrogen and oxygen atoms in total. The summed E-state index contributed by atoms with van der Waals surface area (Å²) in [6.45, 7) is 2.12. The molecule has 0 N–H and O–H groups in total. The lowest BCUT2D eigenvalue weighted by molar-refractivity contribution is 0.0733. The highest BCUT2D eigenvalue weighted by molar-refractivity contribution is 5.91. The Bertz CT molecular complexity index is 797. The normalized spacial score (nSPS) is 10.4. The second kappa shape index (κ2) is 7.51. The molecule has 24 heavy (non-hydrogen) atoms. The summed E-state index contributed by atoms with van der Waals surface area (Å²) in [5.74, 6) is 0.486. The lowest BCUT2D eigenvalue weighted by Crippen LogP contribution is -2.09. The SMILES string of the molecule is CCCc1ccc(C(=O)Oc2cnc(-c3cc[c]cc3)nc2)cc1. The van der Waals surface area contributed by atoms with Crippen LogP contribution >= 0.6 is 0 Å². The van der Waals surface area contributed by atoms with Crippen LogP contribution in [0.5, 0.6) is 5.75 Å². The van der Waals surface area contributed by atoms with E-state index in [1.165, 1.54) is 18.0 Å². The molecule has 3 aromatic rings. The zero-order valence-corrected chi connectivity index (χ0v) is 13.4. The number of ether oxygens (including phenoxy) is 1. The Morgan fingerprint density at radius 3 is 2.33 bits per heavy atom. The molecule has 2 aromatic carbocycles. The summed E-state index contributed by atoms with van der Waals surface area (Å²) in [7, 11) is 0. The van der Waals surface area contributed by atoms with Crippen molar-refractivity contribution in [3.63, 3.8) is 0 Å². The van der Waals surface area contributed by atoms with Crippen molar-refractivity contribution in [1.29, 1.82) is 0 Å². The van der Waals surface area contributed by atoms with E-state index in [4.69, 9.17) is 4.74 Å². The molecular weight excluding hydrogens is 300 g/mol. The van der Waals surface area contributed by atoms with Gasteiger partial charge in [-0.3, -0.25) is 0 Å². The molecule has 1 aromatic heterocycles. The molecule has 0 aliphatic rings. The number of aryl methyl sites for hydroxylation is 1. The minimum Gasteiger partial charge on any atom is -0.420 e. The van der Waals surface area contributed by atoms with Crippen molar-refractivity contribution in [2.75, 3.05) is 0 Å². The standard InChI is InChI=1S/C20H17N2O2/c1-2-6-15-9-11-17(12-10-15)20(23)24-18-13-21-19(22-14-18)16-7-4-3-5-8-16/h4-5,7-14H,2,6H2,1H3. The zero-order chi connectivity index (χ0) is 16.8. The zero-order valence-electron chi connectivity index (χ0n) is 13.4. The predicted octanol–water partition coefficient (Wildman–Crippen LogP) is 4.12. The molecular formula is C20H17N2O2. The molecule has 0 saturated carbocycles. The van der Waals surface area contributed by atoms with Crippen LogP contribution in [0.25, 0.3) is 11.4 Å². The molecule has 0 aliphatic heterocycles. The minimum atomic E-state index is -0.413. The van der Waals surface area contributed by atoms with Gasteiger partial charge in [-0.15, -0.1) is 0 Å². The molecule has 1 heterocycles. The summed E-state index contributed by atoms with van der Waals surface area (Å²) >= 11 is 0. The van der Waals surface area contributed by atoms with E-state index in [1.54, 1.807) is 24.3 Å². The van der Waals surface area contributed by atoms with Crippen molar-refractivity contribution >= 4 is 5.97 Å². The van der Waals surface area contributed by atoms with Gasteiger partial charge in [0.1, 0.15) is 0 Å². The molecule has 0 saturated heterocycles. The van der Waals surface area contributed by atoms with Crippen LogP contribution in [-0.4, -0.2) is 15.9 Å². The van der Waals surface area contributed by atoms with E-state index < -0.39 is 5.97 Å². The van der Waals surface area contributed by atoms with Gasteiger partial charge in [0, 0.05) is 5.56 Å². The van der Waals surface area contributed by atoms with Crippen LogP contribution in [0.4, 0.5) is 0 Å². The fourth-order valence-corrected chi connectivity index (χ4v) is 2.32. The summed E-state index contributed by atoms with van der Waals surface area (Å²) in [5, 5.41) is 0. The van der Waals surface area contributed by atoms with Crippen molar-refractivity contribution in [2.24, 2.45) is 0 Å². The molecule has 0 amide bonds. The minimum absolute atomic E-state index is 0.323. The first-order valence-corrected chi connectivity index (χ1v) is 7.86. The Balaban J connectivity index is 1.68. The molecule has 4 heteroatoms. The smallest absolute Gasteiger partial charge is 0.343 e. The van der Waals surface area contributed by atoms with Crippen LogP contribution in [-0.2, 0) is 6.42 Å². The fourth-order valence-electron chi connectivity index (χ4n) is 2.32. The molecule has 0 aliphatic carbocycles. The van der Waals surface area contributed by atoms with Gasteiger partial charge in [0.05, 0.1) is 18.0 Å². The number of benzene rings is 2. The average Bonchev–Trinajstić information content (AvgIpc) is 2.64. The van der Waals surface area contributed by atoms with E-state index in [0.717, 1.165) is 18.4 Å². The van der Waals surface area contributed by atoms with Crippen LogP contribution in [0.2, 0.25) is 0 Å². The molecule has 3 rings (SSSR count). The van der Waals surface area contributed by atoms with Crippen molar-refractivity contribution < 1.29 is 9.53 Å². The van der Waals surface area contributed by atoms with Gasteiger partial charge < -0.3 is 4.74 Å². The number of rotatable bonds is 5. The Kier molecular flexibility index (Phi) is 4.96. The summed E-state index contributed by atoms with van der Waals surface area (Å²) in [6.07, 6.45) is 5.08. The Morgan fingerprint density at radius 2 is 1.71 bits per heavy atom. The Hall–Kier alpha value is -3.01. The monoisotopic (exact) mass is 317 g/mol. The maximum absolute atomic E-state index is 12.2. The third-order valence-electron chi connectivity index (χ3n) is 3.54. The predicted molar refractivity (Wildman–Crippen MR) is 91.7 cm³/mol. The summed E-state index contributed by atoms with van der Waals surface area (Å²) in [6, 6.07) is 17.8. The number of carbonyl (C=O) groups is 1. The maximum Gasteiger partial charge on any atom is 0.343 e. The lowest BCUT2D eigenvalue weighted by atomic mass is 10.1. The quantitative estimate of drug-likeness (QED) is 0.664. The third kappa shape index (κ3) is 3.84. The molecule has 0 unspecified atom stereocenters. The van der Waals surface area contributed by atoms with Gasteiger partial charge in [-0.05, 0) is 30.2 Å². The number of hydrogen-bond acceptors (Lipinski definition) is 4. The van der Waals surface area contributed by atoms with Crippen molar-refractivity contribution in [3.8, 4) is 17.1 Å². The molecule has 0 spiro atoms. The number of hydrogen-bond donors (Lipinski definition) is 0. The summed E-state index contributed by atoms with van der Waals surface area (Å²) in [5.41, 5.74) is 2.61. The fraction of sp³-hybridized carbons (Fsp3) is 0.150. The largest absolute Gasteiger partial charge is 0.420 e. The molecule has 119 valence electrons. The van der Waals surface area contributed by atoms with Gasteiger partial charge in [0.15, 0.2) is 11.6 Å². The highest BCUT2D eigenvalue weighted by Gasteiger charge is 2.09. The van der Waals surface area contributed by atoms with E-state index in [9.17, 15) is 4.79 Å². The second-order valence-corrected chi connectivity index (χ2v) is 5.37. The summed E-state index contributed by atoms with van der Waals surface area (Å²) < 4.78 is 5.32. The maximum atomic E-state index is 12.2. The van der Waals surface area contributed by atoms with Crippen LogP contribution in [0, 0.1) is 6.07 Å². The average molecular weight is 317 g/mol. The van der Waals surface area contributed by atoms with E-state index in [0.29, 0.717) is 17.1 Å². The van der Waals surface area contributed by atoms with Gasteiger partial charge in [-0.1, -0.05) is 49.7 Å². The number of esters is 1. The second-order valence-electron chi connectivity index (χ2n) is 5.37. The lowest BCUT2D eigenvalue weighted by Gasteiger charge is -2.05. The van der Waals surface area contributed by atoms with Crippen LogP contribution in [0.3, 0.4) is 0 Å². The van der Waals surface area contributed by atoms with Gasteiger partial charge in [0.25, 0.3) is 0 Å². The topological polar surface area (TPSA) is 52.1 Å². The number of nitrogens with zero attached hydrogens (tertiary/aromatic N) is 2. The van der Waals surface area contributed by atoms with E-state index in [2.05, 4.69) is 23.0 Å². The van der Waals surface area contributed by atoms with Crippen LogP contribution in [0.15, 0.2) is 60.9 Å². The van der Waals surface area contributed by atoms with Crippen molar-refractivity contribution in [2.45, 2.75) is 19.8 Å². The molecule has 0 atom stereocenters. The molecule has 1 radical (unpaired) electrons. The van der Waals surface area contributed by atoms with Crippen molar-refractivity contribution in [3.05, 3.63) is 78.1 Å². The highest BCUT2D eigenvalue weighted by atomic mass is 16.5. The first kappa shape index (κ1) is 15.9. The number of carbonyl (C=O) groups excluding carboxylic acids is 1. The molecule has 0 fully saturated rings. The van der Waals surface area contributed by atoms with Gasteiger partial charge >= 0.3 is 5.97 Å². The molecule has 0 bridgehead atoms. The number of aromatic nitrogens is 2. The first-order valence-electron chi connectivity index (χ1n) is 7.86. The third-order valence-corrected chi connectivity index (χ3v) is 3.54. The Morgan fingerprint density at radius 1 is 1.04 bits per heavy atom. The van der Waals surface area contributed by atoms with Crippen LogP contribution in [0.1, 0.15) is 29.3 Å². The van der Waals surface area contributed by atoms with E-state index >= 15 is 0 Å². The summed E-state index contributed by atoms with van der Waals surface area (Å²) in [4.78, 5) is 20.6. The van der Waals surface area contributed by atoms with Crippen molar-refractivity contribution in [1.82, 2.24) is 9.97 Å². The van der Waals surface area contributed by atoms with E-state index in [1.807, 2.05) is 24.3 Å². The van der Waals surface area contributed by atoms with Gasteiger partial charge in [0.2, 0.25) is 0 Å². The van der Waals surface area contributed by atoms with Crippen LogP contribution < -0.4 is 4.74 Å². The van der Waals surface area contributed by atoms with Gasteiger partial charge in [-0.2, -0.15) is 0 Å².